The number of nitrogens with one attached hydrogen (secondary N) is 2. The molecule has 2 aromatic rings. The first-order chi connectivity index (χ1) is 15.7. The van der Waals surface area contributed by atoms with Crippen LogP contribution in [0.2, 0.25) is 0 Å². The van der Waals surface area contributed by atoms with Crippen LogP contribution in [0.3, 0.4) is 0 Å². The average molecular weight is 456 g/mol. The molecule has 2 aliphatic rings. The van der Waals surface area contributed by atoms with E-state index in [1.165, 1.54) is 12.1 Å². The molecule has 0 radical (unpaired) electrons. The smallest absolute Gasteiger partial charge is 0.315 e. The Morgan fingerprint density at radius 3 is 2.76 bits per heavy atom. The normalized spacial score (nSPS) is 19.8. The Morgan fingerprint density at radius 2 is 2.03 bits per heavy atom. The molecule has 4 N–H and O–H groups in total. The molecular formula is C24H30FN5O3. The van der Waals surface area contributed by atoms with E-state index in [9.17, 15) is 14.0 Å². The fourth-order valence-electron chi connectivity index (χ4n) is 4.57. The molecule has 1 aromatic carbocycles. The number of pyridine rings is 1. The Bertz CT molecular complexity index is 1040. The van der Waals surface area contributed by atoms with Gasteiger partial charge in [0.15, 0.2) is 0 Å². The molecule has 9 heteroatoms. The number of amides is 3. The number of carbonyl (C=O) groups is 2. The number of hydrogen-bond donors (Lipinski definition) is 3. The number of anilines is 1. The standard InChI is InChI=1S/C24H30FN5O3/c1-24(2)13-19(18-12-17(25)5-6-20(18)33-24)29-23(32)28-14-16-4-3-9-27-22(16)30-10-7-15(8-11-30)21(26)31/h3-6,9,12,15,19H,7-8,10-11,13-14H2,1-2H3,(H2,26,31)(H2,28,29,32). The van der Waals surface area contributed by atoms with Crippen molar-refractivity contribution in [3.8, 4) is 5.75 Å². The third-order valence-electron chi connectivity index (χ3n) is 6.24. The van der Waals surface area contributed by atoms with Crippen molar-refractivity contribution in [2.75, 3.05) is 18.0 Å². The van der Waals surface area contributed by atoms with Gasteiger partial charge in [0.1, 0.15) is 23.0 Å². The van der Waals surface area contributed by atoms with Crippen LogP contribution in [0.5, 0.6) is 5.75 Å². The van der Waals surface area contributed by atoms with E-state index >= 15 is 0 Å². The zero-order valence-electron chi connectivity index (χ0n) is 18.9. The molecular weight excluding hydrogens is 425 g/mol. The number of nitrogens with zero attached hydrogens (tertiary/aromatic N) is 2. The summed E-state index contributed by atoms with van der Waals surface area (Å²) in [6.45, 7) is 5.53. The van der Waals surface area contributed by atoms with Crippen molar-refractivity contribution in [1.82, 2.24) is 15.6 Å². The molecule has 1 atom stereocenters. The number of benzene rings is 1. The van der Waals surface area contributed by atoms with Gasteiger partial charge in [0.05, 0.1) is 6.04 Å². The van der Waals surface area contributed by atoms with E-state index in [-0.39, 0.29) is 36.3 Å². The number of halogens is 1. The van der Waals surface area contributed by atoms with Gasteiger partial charge in [-0.3, -0.25) is 4.79 Å². The predicted molar refractivity (Wildman–Crippen MR) is 122 cm³/mol. The zero-order chi connectivity index (χ0) is 23.6. The molecule has 8 nitrogen and oxygen atoms in total. The fourth-order valence-corrected chi connectivity index (χ4v) is 4.57. The van der Waals surface area contributed by atoms with Crippen molar-refractivity contribution >= 4 is 17.8 Å². The highest BCUT2D eigenvalue weighted by Crippen LogP contribution is 2.39. The van der Waals surface area contributed by atoms with Crippen LogP contribution in [-0.2, 0) is 11.3 Å². The lowest BCUT2D eigenvalue weighted by molar-refractivity contribution is -0.122. The van der Waals surface area contributed by atoms with Crippen molar-refractivity contribution in [2.24, 2.45) is 11.7 Å². The van der Waals surface area contributed by atoms with Crippen LogP contribution in [0.25, 0.3) is 0 Å². The first-order valence-electron chi connectivity index (χ1n) is 11.2. The van der Waals surface area contributed by atoms with Gasteiger partial charge in [-0.05, 0) is 51.0 Å². The second kappa shape index (κ2) is 9.25. The highest BCUT2D eigenvalue weighted by atomic mass is 19.1. The van der Waals surface area contributed by atoms with Gasteiger partial charge >= 0.3 is 6.03 Å². The third kappa shape index (κ3) is 5.35. The molecule has 176 valence electrons. The summed E-state index contributed by atoms with van der Waals surface area (Å²) in [5.41, 5.74) is 6.46. The van der Waals surface area contributed by atoms with E-state index in [0.29, 0.717) is 43.7 Å². The minimum atomic E-state index is -0.490. The molecule has 1 fully saturated rings. The fraction of sp³-hybridized carbons (Fsp3) is 0.458. The monoisotopic (exact) mass is 455 g/mol. The Balaban J connectivity index is 1.40. The molecule has 0 spiro atoms. The summed E-state index contributed by atoms with van der Waals surface area (Å²) in [6.07, 6.45) is 3.61. The summed E-state index contributed by atoms with van der Waals surface area (Å²) < 4.78 is 19.8. The molecule has 33 heavy (non-hydrogen) atoms. The Morgan fingerprint density at radius 1 is 1.27 bits per heavy atom. The van der Waals surface area contributed by atoms with Crippen LogP contribution in [-0.4, -0.2) is 35.6 Å². The van der Waals surface area contributed by atoms with Crippen molar-refractivity contribution in [2.45, 2.75) is 51.3 Å². The van der Waals surface area contributed by atoms with Gasteiger partial charge in [0.2, 0.25) is 5.91 Å². The van der Waals surface area contributed by atoms with Gasteiger partial charge in [0, 0.05) is 49.3 Å². The molecule has 0 aliphatic carbocycles. The Hall–Kier alpha value is -3.36. The van der Waals surface area contributed by atoms with Gasteiger partial charge in [-0.15, -0.1) is 0 Å². The Kier molecular flexibility index (Phi) is 6.40. The van der Waals surface area contributed by atoms with Gasteiger partial charge < -0.3 is 26.0 Å². The molecule has 4 rings (SSSR count). The number of hydrogen-bond acceptors (Lipinski definition) is 5. The number of rotatable bonds is 5. The maximum atomic E-state index is 13.8. The summed E-state index contributed by atoms with van der Waals surface area (Å²) >= 11 is 0. The number of nitrogens with two attached hydrogens (primary N) is 1. The largest absolute Gasteiger partial charge is 0.487 e. The highest BCUT2D eigenvalue weighted by Gasteiger charge is 2.35. The van der Waals surface area contributed by atoms with Crippen molar-refractivity contribution < 1.29 is 18.7 Å². The highest BCUT2D eigenvalue weighted by molar-refractivity contribution is 5.77. The zero-order valence-corrected chi connectivity index (χ0v) is 18.9. The number of carbonyl (C=O) groups excluding carboxylic acids is 2. The second-order valence-corrected chi connectivity index (χ2v) is 9.28. The van der Waals surface area contributed by atoms with Gasteiger partial charge in [-0.2, -0.15) is 0 Å². The van der Waals surface area contributed by atoms with Crippen LogP contribution in [0, 0.1) is 11.7 Å². The summed E-state index contributed by atoms with van der Waals surface area (Å²) in [6, 6.07) is 7.38. The second-order valence-electron chi connectivity index (χ2n) is 9.28. The number of piperidine rings is 1. The summed E-state index contributed by atoms with van der Waals surface area (Å²) in [4.78, 5) is 30.8. The molecule has 0 saturated carbocycles. The van der Waals surface area contributed by atoms with Crippen LogP contribution in [0.15, 0.2) is 36.5 Å². The molecule has 0 bridgehead atoms. The predicted octanol–water partition coefficient (Wildman–Crippen LogP) is 3.02. The molecule has 1 unspecified atom stereocenters. The number of urea groups is 1. The van der Waals surface area contributed by atoms with E-state index in [1.54, 1.807) is 12.3 Å². The minimum Gasteiger partial charge on any atom is -0.487 e. The van der Waals surface area contributed by atoms with Crippen LogP contribution < -0.4 is 26.0 Å². The summed E-state index contributed by atoms with van der Waals surface area (Å²) in [7, 11) is 0. The lowest BCUT2D eigenvalue weighted by atomic mass is 9.89. The van der Waals surface area contributed by atoms with Crippen molar-refractivity contribution in [3.63, 3.8) is 0 Å². The Labute approximate surface area is 192 Å². The van der Waals surface area contributed by atoms with E-state index < -0.39 is 5.60 Å². The first-order valence-corrected chi connectivity index (χ1v) is 11.2. The summed E-state index contributed by atoms with van der Waals surface area (Å²) in [5.74, 6) is 0.636. The van der Waals surface area contributed by atoms with Crippen molar-refractivity contribution in [3.05, 3.63) is 53.5 Å². The van der Waals surface area contributed by atoms with Crippen LogP contribution in [0.4, 0.5) is 15.0 Å². The quantitative estimate of drug-likeness (QED) is 0.642. The molecule has 3 heterocycles. The maximum absolute atomic E-state index is 13.8. The molecule has 2 aliphatic heterocycles. The molecule has 1 aromatic heterocycles. The van der Waals surface area contributed by atoms with Gasteiger partial charge in [-0.1, -0.05) is 6.07 Å². The van der Waals surface area contributed by atoms with E-state index in [0.717, 1.165) is 11.4 Å². The lowest BCUT2D eigenvalue weighted by Gasteiger charge is -2.37. The van der Waals surface area contributed by atoms with E-state index in [1.807, 2.05) is 26.0 Å². The average Bonchev–Trinajstić information content (AvgIpc) is 2.78. The summed E-state index contributed by atoms with van der Waals surface area (Å²) in [5, 5.41) is 5.86. The third-order valence-corrected chi connectivity index (χ3v) is 6.24. The number of fused-ring (bicyclic) bond motifs is 1. The number of primary amides is 1. The number of aromatic nitrogens is 1. The molecule has 3 amide bonds. The van der Waals surface area contributed by atoms with E-state index in [4.69, 9.17) is 10.5 Å². The van der Waals surface area contributed by atoms with Crippen molar-refractivity contribution in [1.29, 1.82) is 0 Å². The molecule has 1 saturated heterocycles. The maximum Gasteiger partial charge on any atom is 0.315 e. The van der Waals surface area contributed by atoms with Crippen LogP contribution in [0.1, 0.15) is 50.3 Å². The SMILES string of the molecule is CC1(C)CC(NC(=O)NCc2cccnc2N2CCC(C(N)=O)CC2)c2cc(F)ccc2O1. The van der Waals surface area contributed by atoms with E-state index in [2.05, 4.69) is 20.5 Å². The number of ether oxygens (including phenoxy) is 1. The lowest BCUT2D eigenvalue weighted by Crippen LogP contribution is -2.44. The first kappa shape index (κ1) is 22.8. The topological polar surface area (TPSA) is 110 Å². The van der Waals surface area contributed by atoms with Gasteiger partial charge in [0.25, 0.3) is 0 Å². The minimum absolute atomic E-state index is 0.103. The van der Waals surface area contributed by atoms with Crippen LogP contribution >= 0.6 is 0 Å². The van der Waals surface area contributed by atoms with Gasteiger partial charge in [-0.25, -0.2) is 14.2 Å².